The molecule has 1 atom stereocenters. The number of nitrogens with one attached hydrogen (secondary N) is 1. The lowest BCUT2D eigenvalue weighted by Crippen LogP contribution is -2.38. The first-order chi connectivity index (χ1) is 10.0. The fraction of sp³-hybridized carbons (Fsp3) is 0.462. The normalized spacial score (nSPS) is 11.8. The molecule has 0 amide bonds. The summed E-state index contributed by atoms with van der Waals surface area (Å²) in [5.41, 5.74) is -0.208. The van der Waals surface area contributed by atoms with Crippen molar-refractivity contribution < 1.29 is 19.2 Å². The minimum Gasteiger partial charge on any atom is -0.486 e. The number of carbonyl (C=O) groups is 1. The number of nitrogens with zero attached hydrogens (tertiary/aromatic N) is 1. The Balaban J connectivity index is 2.71. The maximum absolute atomic E-state index is 11.5. The van der Waals surface area contributed by atoms with Gasteiger partial charge in [0.2, 0.25) is 5.75 Å². The van der Waals surface area contributed by atoms with Crippen LogP contribution < -0.4 is 10.1 Å². The fourth-order valence-electron chi connectivity index (χ4n) is 1.75. The summed E-state index contributed by atoms with van der Waals surface area (Å²) < 4.78 is 10.0. The summed E-state index contributed by atoms with van der Waals surface area (Å²) in [6, 6.07) is 3.76. The first kappa shape index (κ1) is 17.2. The zero-order valence-corrected chi connectivity index (χ0v) is 12.6. The van der Waals surface area contributed by atoms with Crippen molar-refractivity contribution in [3.63, 3.8) is 0 Å². The van der Waals surface area contributed by atoms with Crippen LogP contribution in [0.15, 0.2) is 18.2 Å². The Bertz CT molecular complexity index is 509. The molecule has 0 saturated heterocycles. The molecule has 0 aliphatic rings. The predicted molar refractivity (Wildman–Crippen MR) is 77.7 cm³/mol. The molecule has 0 spiro atoms. The van der Waals surface area contributed by atoms with Crippen molar-refractivity contribution in [3.05, 3.63) is 33.3 Å². The summed E-state index contributed by atoms with van der Waals surface area (Å²) in [5.74, 6) is -0.404. The Labute approximate surface area is 127 Å². The second-order valence-corrected chi connectivity index (χ2v) is 4.52. The van der Waals surface area contributed by atoms with Gasteiger partial charge in [-0.15, -0.1) is 0 Å². The summed E-state index contributed by atoms with van der Waals surface area (Å²) >= 11 is 5.90. The van der Waals surface area contributed by atoms with Crippen molar-refractivity contribution in [2.45, 2.75) is 19.4 Å². The van der Waals surface area contributed by atoms with Gasteiger partial charge < -0.3 is 14.8 Å². The number of nitro groups is 1. The van der Waals surface area contributed by atoms with Gasteiger partial charge in [0.15, 0.2) is 0 Å². The first-order valence-electron chi connectivity index (χ1n) is 6.38. The van der Waals surface area contributed by atoms with Crippen LogP contribution in [0.5, 0.6) is 5.75 Å². The van der Waals surface area contributed by atoms with Crippen molar-refractivity contribution in [2.75, 3.05) is 20.3 Å². The molecule has 116 valence electrons. The minimum absolute atomic E-state index is 0.00396. The molecule has 0 aliphatic heterocycles. The zero-order chi connectivity index (χ0) is 15.8. The Morgan fingerprint density at radius 3 is 2.81 bits per heavy atom. The fourth-order valence-corrected chi connectivity index (χ4v) is 1.98. The zero-order valence-electron chi connectivity index (χ0n) is 11.8. The average Bonchev–Trinajstić information content (AvgIpc) is 2.46. The predicted octanol–water partition coefficient (Wildman–Crippen LogP) is 2.17. The van der Waals surface area contributed by atoms with Gasteiger partial charge in [-0.1, -0.05) is 24.6 Å². The van der Waals surface area contributed by atoms with Crippen LogP contribution in [0.25, 0.3) is 0 Å². The lowest BCUT2D eigenvalue weighted by molar-refractivity contribution is -0.385. The number of benzene rings is 1. The van der Waals surface area contributed by atoms with Crippen LogP contribution in [-0.4, -0.2) is 37.2 Å². The van der Waals surface area contributed by atoms with Gasteiger partial charge in [0.25, 0.3) is 0 Å². The van der Waals surface area contributed by atoms with Crippen molar-refractivity contribution >= 4 is 23.3 Å². The number of carbonyl (C=O) groups excluding carboxylic acids is 1. The van der Waals surface area contributed by atoms with Crippen LogP contribution in [0.4, 0.5) is 5.69 Å². The van der Waals surface area contributed by atoms with Crippen LogP contribution in [-0.2, 0) is 9.53 Å². The second-order valence-electron chi connectivity index (χ2n) is 4.12. The second kappa shape index (κ2) is 8.43. The number of ether oxygens (including phenoxy) is 2. The van der Waals surface area contributed by atoms with E-state index in [9.17, 15) is 14.9 Å². The van der Waals surface area contributed by atoms with Crippen LogP contribution in [0.3, 0.4) is 0 Å². The Morgan fingerprint density at radius 2 is 2.24 bits per heavy atom. The van der Waals surface area contributed by atoms with Gasteiger partial charge >= 0.3 is 11.7 Å². The minimum atomic E-state index is -0.566. The monoisotopic (exact) mass is 316 g/mol. The van der Waals surface area contributed by atoms with E-state index in [0.29, 0.717) is 13.0 Å². The smallest absolute Gasteiger partial charge is 0.322 e. The summed E-state index contributed by atoms with van der Waals surface area (Å²) in [6.45, 7) is 2.54. The van der Waals surface area contributed by atoms with E-state index in [1.54, 1.807) is 0 Å². The van der Waals surface area contributed by atoms with Crippen molar-refractivity contribution in [3.8, 4) is 5.75 Å². The molecule has 0 saturated carbocycles. The van der Waals surface area contributed by atoms with Gasteiger partial charge in [-0.3, -0.25) is 14.9 Å². The SMILES string of the molecule is CCNC(CCOc1c(Cl)cccc1[N+](=O)[O-])C(=O)OC. The van der Waals surface area contributed by atoms with Crippen molar-refractivity contribution in [1.82, 2.24) is 5.32 Å². The molecule has 1 N–H and O–H groups in total. The highest BCUT2D eigenvalue weighted by Gasteiger charge is 2.21. The molecule has 0 heterocycles. The highest BCUT2D eigenvalue weighted by molar-refractivity contribution is 6.32. The van der Waals surface area contributed by atoms with E-state index in [0.717, 1.165) is 0 Å². The number of esters is 1. The standard InChI is InChI=1S/C13H17ClN2O5/c1-3-15-10(13(17)20-2)7-8-21-12-9(14)5-4-6-11(12)16(18)19/h4-6,10,15H,3,7-8H2,1-2H3. The summed E-state index contributed by atoms with van der Waals surface area (Å²) in [5, 5.41) is 14.0. The summed E-state index contributed by atoms with van der Waals surface area (Å²) in [7, 11) is 1.30. The molecule has 8 heteroatoms. The third-order valence-corrected chi connectivity index (χ3v) is 3.03. The first-order valence-corrected chi connectivity index (χ1v) is 6.76. The molecule has 21 heavy (non-hydrogen) atoms. The van der Waals surface area contributed by atoms with Gasteiger partial charge in [0.1, 0.15) is 6.04 Å². The average molecular weight is 317 g/mol. The third-order valence-electron chi connectivity index (χ3n) is 2.73. The van der Waals surface area contributed by atoms with E-state index in [1.807, 2.05) is 6.92 Å². The molecular weight excluding hydrogens is 300 g/mol. The summed E-state index contributed by atoms with van der Waals surface area (Å²) in [6.07, 6.45) is 0.308. The van der Waals surface area contributed by atoms with Gasteiger partial charge in [0.05, 0.1) is 23.7 Å². The molecule has 0 fully saturated rings. The molecule has 0 aromatic heterocycles. The molecule has 1 aromatic rings. The molecule has 1 unspecified atom stereocenters. The molecule has 1 rings (SSSR count). The number of methoxy groups -OCH3 is 1. The number of nitro benzene ring substituents is 1. The van der Waals surface area contributed by atoms with Crippen molar-refractivity contribution in [2.24, 2.45) is 0 Å². The van der Waals surface area contributed by atoms with E-state index in [-0.39, 0.29) is 23.1 Å². The van der Waals surface area contributed by atoms with Gasteiger partial charge in [0, 0.05) is 12.5 Å². The molecule has 7 nitrogen and oxygen atoms in total. The Morgan fingerprint density at radius 1 is 1.52 bits per heavy atom. The number of para-hydroxylation sites is 1. The lowest BCUT2D eigenvalue weighted by Gasteiger charge is -2.16. The summed E-state index contributed by atoms with van der Waals surface area (Å²) in [4.78, 5) is 21.9. The quantitative estimate of drug-likeness (QED) is 0.449. The van der Waals surface area contributed by atoms with Crippen LogP contribution in [0.1, 0.15) is 13.3 Å². The van der Waals surface area contributed by atoms with E-state index >= 15 is 0 Å². The maximum Gasteiger partial charge on any atom is 0.322 e. The van der Waals surface area contributed by atoms with Crippen LogP contribution >= 0.6 is 11.6 Å². The number of halogens is 1. The number of rotatable bonds is 8. The maximum atomic E-state index is 11.5. The van der Waals surface area contributed by atoms with E-state index < -0.39 is 16.9 Å². The highest BCUT2D eigenvalue weighted by atomic mass is 35.5. The molecular formula is C13H17ClN2O5. The molecule has 1 aromatic carbocycles. The number of likely N-dealkylation sites (N-methyl/N-ethyl adjacent to an activating group) is 1. The van der Waals surface area contributed by atoms with E-state index in [4.69, 9.17) is 16.3 Å². The van der Waals surface area contributed by atoms with E-state index in [2.05, 4.69) is 10.1 Å². The number of hydrogen-bond acceptors (Lipinski definition) is 6. The van der Waals surface area contributed by atoms with Gasteiger partial charge in [-0.25, -0.2) is 0 Å². The largest absolute Gasteiger partial charge is 0.486 e. The van der Waals surface area contributed by atoms with Crippen LogP contribution in [0.2, 0.25) is 5.02 Å². The van der Waals surface area contributed by atoms with E-state index in [1.165, 1.54) is 25.3 Å². The molecule has 0 aliphatic carbocycles. The van der Waals surface area contributed by atoms with Gasteiger partial charge in [-0.05, 0) is 12.6 Å². The number of hydrogen-bond donors (Lipinski definition) is 1. The van der Waals surface area contributed by atoms with Gasteiger partial charge in [-0.2, -0.15) is 0 Å². The molecule has 0 bridgehead atoms. The Hall–Kier alpha value is -1.86. The Kier molecular flexibility index (Phi) is 6.90. The third kappa shape index (κ3) is 4.87. The van der Waals surface area contributed by atoms with Crippen LogP contribution in [0, 0.1) is 10.1 Å². The lowest BCUT2D eigenvalue weighted by atomic mass is 10.2. The highest BCUT2D eigenvalue weighted by Crippen LogP contribution is 2.34. The van der Waals surface area contributed by atoms with Crippen molar-refractivity contribution in [1.29, 1.82) is 0 Å². The topological polar surface area (TPSA) is 90.7 Å². The molecule has 0 radical (unpaired) electrons.